The van der Waals surface area contributed by atoms with Gasteiger partial charge in [-0.25, -0.2) is 4.39 Å². The molecule has 2 heterocycles. The van der Waals surface area contributed by atoms with Crippen LogP contribution in [0.3, 0.4) is 0 Å². The smallest absolute Gasteiger partial charge is 0.258 e. The molecule has 6 heteroatoms. The van der Waals surface area contributed by atoms with Gasteiger partial charge in [0.25, 0.3) is 5.56 Å². The number of ether oxygens (including phenoxy) is 1. The Balaban J connectivity index is 1.83. The quantitative estimate of drug-likeness (QED) is 0.722. The first-order chi connectivity index (χ1) is 14.5. The number of hydrogen-bond acceptors (Lipinski definition) is 4. The number of fused-ring (bicyclic) bond motifs is 1. The van der Waals surface area contributed by atoms with Gasteiger partial charge >= 0.3 is 0 Å². The number of nitriles is 1. The lowest BCUT2D eigenvalue weighted by molar-refractivity contribution is 0.388. The minimum atomic E-state index is -0.713. The van der Waals surface area contributed by atoms with E-state index in [-0.39, 0.29) is 17.0 Å². The lowest BCUT2D eigenvalue weighted by Gasteiger charge is -2.27. The number of pyridine rings is 1. The summed E-state index contributed by atoms with van der Waals surface area (Å²) in [6.07, 6.45) is 0.686. The van der Waals surface area contributed by atoms with Crippen LogP contribution in [0, 0.1) is 24.1 Å². The lowest BCUT2D eigenvalue weighted by Crippen LogP contribution is -2.33. The van der Waals surface area contributed by atoms with Gasteiger partial charge < -0.3 is 15.0 Å². The van der Waals surface area contributed by atoms with Gasteiger partial charge in [-0.2, -0.15) is 5.26 Å². The maximum atomic E-state index is 13.5. The highest BCUT2D eigenvalue weighted by molar-refractivity contribution is 5.55. The monoisotopic (exact) mass is 401 g/mol. The van der Waals surface area contributed by atoms with Gasteiger partial charge in [0.2, 0.25) is 5.88 Å². The van der Waals surface area contributed by atoms with E-state index in [2.05, 4.69) is 6.07 Å². The average molecular weight is 401 g/mol. The molecule has 0 unspecified atom stereocenters. The fourth-order valence-corrected chi connectivity index (χ4v) is 3.84. The van der Waals surface area contributed by atoms with Crippen LogP contribution in [0.2, 0.25) is 0 Å². The maximum Gasteiger partial charge on any atom is 0.258 e. The summed E-state index contributed by atoms with van der Waals surface area (Å²) in [5.74, 6) is -0.819. The fraction of sp³-hybridized carbons (Fsp3) is 0.167. The van der Waals surface area contributed by atoms with Gasteiger partial charge in [0.1, 0.15) is 23.2 Å². The highest BCUT2D eigenvalue weighted by atomic mass is 19.1. The summed E-state index contributed by atoms with van der Waals surface area (Å²) < 4.78 is 20.8. The molecule has 30 heavy (non-hydrogen) atoms. The third-order valence-electron chi connectivity index (χ3n) is 5.36. The number of rotatable bonds is 4. The second-order valence-corrected chi connectivity index (χ2v) is 7.23. The molecule has 0 spiro atoms. The van der Waals surface area contributed by atoms with Crippen molar-refractivity contribution < 1.29 is 9.13 Å². The summed E-state index contributed by atoms with van der Waals surface area (Å²) in [4.78, 5) is 13.5. The Morgan fingerprint density at radius 3 is 2.53 bits per heavy atom. The van der Waals surface area contributed by atoms with Crippen LogP contribution in [0.4, 0.5) is 4.39 Å². The predicted molar refractivity (Wildman–Crippen MR) is 111 cm³/mol. The van der Waals surface area contributed by atoms with E-state index in [1.165, 1.54) is 12.1 Å². The third-order valence-corrected chi connectivity index (χ3v) is 5.36. The van der Waals surface area contributed by atoms with E-state index in [9.17, 15) is 14.4 Å². The van der Waals surface area contributed by atoms with Gasteiger partial charge in [-0.1, -0.05) is 42.5 Å². The molecular weight excluding hydrogens is 381 g/mol. The van der Waals surface area contributed by atoms with Crippen LogP contribution in [0.15, 0.2) is 76.9 Å². The van der Waals surface area contributed by atoms with Gasteiger partial charge in [-0.3, -0.25) is 4.79 Å². The second kappa shape index (κ2) is 7.88. The minimum Gasteiger partial charge on any atom is -0.440 e. The minimum absolute atomic E-state index is 0.0415. The summed E-state index contributed by atoms with van der Waals surface area (Å²) in [5, 5.41) is 9.69. The summed E-state index contributed by atoms with van der Waals surface area (Å²) in [6.45, 7) is 2.32. The Labute approximate surface area is 173 Å². The van der Waals surface area contributed by atoms with Crippen molar-refractivity contribution in [3.8, 4) is 11.8 Å². The zero-order chi connectivity index (χ0) is 21.3. The molecule has 0 amide bonds. The molecule has 1 aliphatic heterocycles. The molecule has 1 aromatic heterocycles. The van der Waals surface area contributed by atoms with Crippen molar-refractivity contribution in [2.24, 2.45) is 5.73 Å². The number of nitrogens with zero attached hydrogens (tertiary/aromatic N) is 2. The molecule has 2 aromatic carbocycles. The van der Waals surface area contributed by atoms with Gasteiger partial charge in [0.05, 0.1) is 11.5 Å². The predicted octanol–water partition coefficient (Wildman–Crippen LogP) is 3.76. The third kappa shape index (κ3) is 3.46. The molecular formula is C24H20FN3O2. The zero-order valence-electron chi connectivity index (χ0n) is 16.4. The number of halogens is 1. The number of aromatic nitrogens is 1. The molecule has 1 aliphatic rings. The van der Waals surface area contributed by atoms with E-state index in [1.807, 2.05) is 37.3 Å². The van der Waals surface area contributed by atoms with Crippen molar-refractivity contribution in [3.05, 3.63) is 111 Å². The van der Waals surface area contributed by atoms with Crippen LogP contribution in [0.1, 0.15) is 28.3 Å². The molecule has 150 valence electrons. The largest absolute Gasteiger partial charge is 0.440 e. The van der Waals surface area contributed by atoms with Gasteiger partial charge in [0, 0.05) is 18.3 Å². The van der Waals surface area contributed by atoms with Crippen LogP contribution >= 0.6 is 0 Å². The molecule has 0 fully saturated rings. The number of nitrogens with two attached hydrogens (primary N) is 1. The maximum absolute atomic E-state index is 13.5. The first kappa shape index (κ1) is 19.5. The Morgan fingerprint density at radius 1 is 1.17 bits per heavy atom. The summed E-state index contributed by atoms with van der Waals surface area (Å²) >= 11 is 0. The van der Waals surface area contributed by atoms with Crippen LogP contribution in [-0.4, -0.2) is 4.57 Å². The van der Waals surface area contributed by atoms with E-state index in [0.717, 1.165) is 11.3 Å². The standard InChI is InChI=1S/C24H20FN3O2/c1-15-13-20-22(24(29)28(15)12-11-16-5-3-2-4-6-16)21(19(14-26)23(27)30-20)17-7-9-18(25)10-8-17/h2-10,13,21H,11-12,27H2,1H3/t21-/m0/s1. The molecule has 0 aliphatic carbocycles. The van der Waals surface area contributed by atoms with Crippen molar-refractivity contribution in [1.29, 1.82) is 5.26 Å². The summed E-state index contributed by atoms with van der Waals surface area (Å²) in [5.41, 5.74) is 8.69. The molecule has 3 aromatic rings. The molecule has 4 rings (SSSR count). The van der Waals surface area contributed by atoms with E-state index in [1.54, 1.807) is 22.8 Å². The van der Waals surface area contributed by atoms with Crippen molar-refractivity contribution in [3.63, 3.8) is 0 Å². The fourth-order valence-electron chi connectivity index (χ4n) is 3.84. The van der Waals surface area contributed by atoms with Gasteiger partial charge in [0.15, 0.2) is 0 Å². The molecule has 0 saturated heterocycles. The molecule has 1 atom stereocenters. The Morgan fingerprint density at radius 2 is 1.87 bits per heavy atom. The molecule has 5 nitrogen and oxygen atoms in total. The van der Waals surface area contributed by atoms with E-state index >= 15 is 0 Å². The van der Waals surface area contributed by atoms with Crippen molar-refractivity contribution in [2.45, 2.75) is 25.8 Å². The van der Waals surface area contributed by atoms with Gasteiger partial charge in [-0.05, 0) is 36.6 Å². The topological polar surface area (TPSA) is 81.0 Å². The SMILES string of the molecule is Cc1cc2c(c(=O)n1CCc1ccccc1)[C@@H](c1ccc(F)cc1)C(C#N)=C(N)O2. The van der Waals surface area contributed by atoms with E-state index in [0.29, 0.717) is 29.8 Å². The first-order valence-electron chi connectivity index (χ1n) is 9.61. The molecule has 0 radical (unpaired) electrons. The van der Waals surface area contributed by atoms with Crippen molar-refractivity contribution in [1.82, 2.24) is 4.57 Å². The van der Waals surface area contributed by atoms with Crippen molar-refractivity contribution >= 4 is 0 Å². The highest BCUT2D eigenvalue weighted by Gasteiger charge is 2.34. The van der Waals surface area contributed by atoms with Crippen LogP contribution < -0.4 is 16.0 Å². The van der Waals surface area contributed by atoms with E-state index < -0.39 is 11.7 Å². The Hall–Kier alpha value is -3.85. The molecule has 2 N–H and O–H groups in total. The number of aryl methyl sites for hydroxylation is 2. The highest BCUT2D eigenvalue weighted by Crippen LogP contribution is 2.40. The number of hydrogen-bond donors (Lipinski definition) is 1. The molecule has 0 bridgehead atoms. The Kier molecular flexibility index (Phi) is 5.11. The lowest BCUT2D eigenvalue weighted by atomic mass is 9.84. The number of allylic oxidation sites excluding steroid dienone is 1. The molecule has 0 saturated carbocycles. The summed E-state index contributed by atoms with van der Waals surface area (Å²) in [7, 11) is 0. The van der Waals surface area contributed by atoms with Crippen LogP contribution in [-0.2, 0) is 13.0 Å². The summed E-state index contributed by atoms with van der Waals surface area (Å²) in [6, 6.07) is 19.5. The van der Waals surface area contributed by atoms with Crippen LogP contribution in [0.5, 0.6) is 5.75 Å². The van der Waals surface area contributed by atoms with Gasteiger partial charge in [-0.15, -0.1) is 0 Å². The number of benzene rings is 2. The average Bonchev–Trinajstić information content (AvgIpc) is 2.74. The van der Waals surface area contributed by atoms with Crippen LogP contribution in [0.25, 0.3) is 0 Å². The normalized spacial score (nSPS) is 15.3. The zero-order valence-corrected chi connectivity index (χ0v) is 16.4. The second-order valence-electron chi connectivity index (χ2n) is 7.23. The Bertz CT molecular complexity index is 1220. The van der Waals surface area contributed by atoms with E-state index in [4.69, 9.17) is 10.5 Å². The van der Waals surface area contributed by atoms with Crippen molar-refractivity contribution in [2.75, 3.05) is 0 Å². The first-order valence-corrected chi connectivity index (χ1v) is 9.61.